The lowest BCUT2D eigenvalue weighted by Crippen LogP contribution is -2.12. The molecule has 0 aliphatic carbocycles. The summed E-state index contributed by atoms with van der Waals surface area (Å²) in [6.07, 6.45) is 2.31. The minimum atomic E-state index is -1.23. The third kappa shape index (κ3) is 2.82. The van der Waals surface area contributed by atoms with E-state index < -0.39 is 5.67 Å². The lowest BCUT2D eigenvalue weighted by atomic mass is 9.93. The Labute approximate surface area is 97.1 Å². The van der Waals surface area contributed by atoms with Crippen molar-refractivity contribution in [3.63, 3.8) is 0 Å². The minimum absolute atomic E-state index is 0.720. The number of rotatable bonds is 3. The molecule has 88 valence electrons. The quantitative estimate of drug-likeness (QED) is 0.827. The highest BCUT2D eigenvalue weighted by Gasteiger charge is 2.20. The second-order valence-electron chi connectivity index (χ2n) is 5.24. The van der Waals surface area contributed by atoms with Crippen molar-refractivity contribution in [3.05, 3.63) is 35.4 Å². The van der Waals surface area contributed by atoms with Crippen LogP contribution in [0, 0.1) is 5.92 Å². The van der Waals surface area contributed by atoms with Crippen LogP contribution in [-0.4, -0.2) is 13.1 Å². The van der Waals surface area contributed by atoms with Crippen molar-refractivity contribution < 1.29 is 4.39 Å². The van der Waals surface area contributed by atoms with Crippen LogP contribution < -0.4 is 5.32 Å². The van der Waals surface area contributed by atoms with Gasteiger partial charge in [-0.25, -0.2) is 4.39 Å². The number of hydrogen-bond acceptors (Lipinski definition) is 1. The largest absolute Gasteiger partial charge is 0.316 e. The van der Waals surface area contributed by atoms with Gasteiger partial charge in [0.05, 0.1) is 0 Å². The van der Waals surface area contributed by atoms with E-state index in [-0.39, 0.29) is 0 Å². The van der Waals surface area contributed by atoms with Gasteiger partial charge in [-0.15, -0.1) is 0 Å². The number of halogens is 1. The van der Waals surface area contributed by atoms with Crippen LogP contribution in [0.15, 0.2) is 24.3 Å². The number of nitrogens with one attached hydrogen (secondary N) is 1. The molecule has 1 nitrogen and oxygen atoms in total. The molecule has 0 aromatic heterocycles. The average Bonchev–Trinajstić information content (AvgIpc) is 2.70. The van der Waals surface area contributed by atoms with Crippen LogP contribution in [0.25, 0.3) is 0 Å². The summed E-state index contributed by atoms with van der Waals surface area (Å²) in [5, 5.41) is 3.36. The Morgan fingerprint density at radius 2 is 2.25 bits per heavy atom. The molecule has 1 fully saturated rings. The molecule has 1 unspecified atom stereocenters. The molecule has 1 aliphatic heterocycles. The number of benzene rings is 1. The SMILES string of the molecule is CC(C)(F)c1cccc(CC2CCNC2)c1. The molecule has 1 aromatic rings. The van der Waals surface area contributed by atoms with Gasteiger partial charge in [-0.1, -0.05) is 24.3 Å². The molecule has 0 saturated carbocycles. The summed E-state index contributed by atoms with van der Waals surface area (Å²) in [5.41, 5.74) is 0.817. The molecular weight excluding hydrogens is 201 g/mol. The molecule has 1 heterocycles. The molecule has 0 bridgehead atoms. The number of hydrogen-bond donors (Lipinski definition) is 1. The molecule has 1 aliphatic rings. The summed E-state index contributed by atoms with van der Waals surface area (Å²) >= 11 is 0. The highest BCUT2D eigenvalue weighted by atomic mass is 19.1. The van der Waals surface area contributed by atoms with Crippen LogP contribution in [0.3, 0.4) is 0 Å². The Kier molecular flexibility index (Phi) is 3.29. The summed E-state index contributed by atoms with van der Waals surface area (Å²) in [4.78, 5) is 0. The van der Waals surface area contributed by atoms with E-state index in [2.05, 4.69) is 11.4 Å². The van der Waals surface area contributed by atoms with E-state index >= 15 is 0 Å². The molecule has 1 atom stereocenters. The Bertz CT molecular complexity index is 348. The summed E-state index contributed by atoms with van der Waals surface area (Å²) < 4.78 is 13.8. The third-order valence-corrected chi connectivity index (χ3v) is 3.30. The van der Waals surface area contributed by atoms with Crippen molar-refractivity contribution in [2.24, 2.45) is 5.92 Å². The Morgan fingerprint density at radius 1 is 1.44 bits per heavy atom. The van der Waals surface area contributed by atoms with Crippen molar-refractivity contribution in [3.8, 4) is 0 Å². The first-order valence-electron chi connectivity index (χ1n) is 6.05. The third-order valence-electron chi connectivity index (χ3n) is 3.30. The maximum Gasteiger partial charge on any atom is 0.130 e. The summed E-state index contributed by atoms with van der Waals surface area (Å²) in [5.74, 6) is 0.720. The van der Waals surface area contributed by atoms with E-state index in [1.54, 1.807) is 13.8 Å². The fourth-order valence-corrected chi connectivity index (χ4v) is 2.29. The second-order valence-corrected chi connectivity index (χ2v) is 5.24. The van der Waals surface area contributed by atoms with E-state index in [4.69, 9.17) is 0 Å². The first-order chi connectivity index (χ1) is 7.55. The van der Waals surface area contributed by atoms with Crippen molar-refractivity contribution in [1.82, 2.24) is 5.32 Å². The normalized spacial score (nSPS) is 21.3. The second kappa shape index (κ2) is 4.54. The zero-order valence-electron chi connectivity index (χ0n) is 10.1. The smallest absolute Gasteiger partial charge is 0.130 e. The van der Waals surface area contributed by atoms with Crippen LogP contribution in [0.4, 0.5) is 4.39 Å². The zero-order valence-corrected chi connectivity index (χ0v) is 10.1. The van der Waals surface area contributed by atoms with Crippen molar-refractivity contribution in [1.29, 1.82) is 0 Å². The first kappa shape index (κ1) is 11.6. The van der Waals surface area contributed by atoms with Gasteiger partial charge in [0.2, 0.25) is 0 Å². The van der Waals surface area contributed by atoms with Crippen molar-refractivity contribution in [2.75, 3.05) is 13.1 Å². The van der Waals surface area contributed by atoms with E-state index in [0.29, 0.717) is 0 Å². The molecule has 0 amide bonds. The maximum absolute atomic E-state index is 13.8. The average molecular weight is 221 g/mol. The molecule has 0 spiro atoms. The monoisotopic (exact) mass is 221 g/mol. The molecular formula is C14H20FN. The summed E-state index contributed by atoms with van der Waals surface area (Å²) in [7, 11) is 0. The van der Waals surface area contributed by atoms with Gasteiger partial charge in [0, 0.05) is 0 Å². The molecule has 0 radical (unpaired) electrons. The van der Waals surface area contributed by atoms with E-state index in [9.17, 15) is 4.39 Å². The van der Waals surface area contributed by atoms with Gasteiger partial charge < -0.3 is 5.32 Å². The topological polar surface area (TPSA) is 12.0 Å². The number of alkyl halides is 1. The fraction of sp³-hybridized carbons (Fsp3) is 0.571. The van der Waals surface area contributed by atoms with Gasteiger partial charge in [-0.2, -0.15) is 0 Å². The highest BCUT2D eigenvalue weighted by Crippen LogP contribution is 2.26. The fourth-order valence-electron chi connectivity index (χ4n) is 2.29. The molecule has 16 heavy (non-hydrogen) atoms. The van der Waals surface area contributed by atoms with E-state index in [0.717, 1.165) is 31.0 Å². The standard InChI is InChI=1S/C14H20FN/c1-14(2,15)13-5-3-4-11(9-13)8-12-6-7-16-10-12/h3-5,9,12,16H,6-8,10H2,1-2H3. The maximum atomic E-state index is 13.8. The van der Waals surface area contributed by atoms with Crippen LogP contribution in [0.1, 0.15) is 31.4 Å². The van der Waals surface area contributed by atoms with Crippen LogP contribution in [-0.2, 0) is 12.1 Å². The molecule has 1 aromatic carbocycles. The van der Waals surface area contributed by atoms with Crippen LogP contribution in [0.2, 0.25) is 0 Å². The van der Waals surface area contributed by atoms with Crippen LogP contribution in [0.5, 0.6) is 0 Å². The van der Waals surface area contributed by atoms with Crippen molar-refractivity contribution in [2.45, 2.75) is 32.4 Å². The van der Waals surface area contributed by atoms with E-state index in [1.807, 2.05) is 18.2 Å². The Morgan fingerprint density at radius 3 is 2.88 bits per heavy atom. The predicted octanol–water partition coefficient (Wildman–Crippen LogP) is 3.04. The van der Waals surface area contributed by atoms with Gasteiger partial charge in [-0.3, -0.25) is 0 Å². The molecule has 2 heteroatoms. The first-order valence-corrected chi connectivity index (χ1v) is 6.05. The van der Waals surface area contributed by atoms with Gasteiger partial charge in [0.25, 0.3) is 0 Å². The van der Waals surface area contributed by atoms with Gasteiger partial charge in [0.15, 0.2) is 0 Å². The molecule has 2 rings (SSSR count). The van der Waals surface area contributed by atoms with E-state index in [1.165, 1.54) is 12.0 Å². The lowest BCUT2D eigenvalue weighted by Gasteiger charge is -2.16. The Hall–Kier alpha value is -0.890. The van der Waals surface area contributed by atoms with Crippen molar-refractivity contribution >= 4 is 0 Å². The van der Waals surface area contributed by atoms with Gasteiger partial charge >= 0.3 is 0 Å². The summed E-state index contributed by atoms with van der Waals surface area (Å²) in [6.45, 7) is 5.45. The van der Waals surface area contributed by atoms with Crippen LogP contribution >= 0.6 is 0 Å². The highest BCUT2D eigenvalue weighted by molar-refractivity contribution is 5.27. The minimum Gasteiger partial charge on any atom is -0.316 e. The van der Waals surface area contributed by atoms with Gasteiger partial charge in [0.1, 0.15) is 5.67 Å². The van der Waals surface area contributed by atoms with Gasteiger partial charge in [-0.05, 0) is 56.8 Å². The molecule has 1 saturated heterocycles. The zero-order chi connectivity index (χ0) is 11.6. The summed E-state index contributed by atoms with van der Waals surface area (Å²) in [6, 6.07) is 7.96. The molecule has 1 N–H and O–H groups in total. The lowest BCUT2D eigenvalue weighted by molar-refractivity contribution is 0.221. The Balaban J connectivity index is 2.09. The predicted molar refractivity (Wildman–Crippen MR) is 65.3 cm³/mol.